The van der Waals surface area contributed by atoms with Gasteiger partial charge in [-0.15, -0.1) is 0 Å². The van der Waals surface area contributed by atoms with Gasteiger partial charge in [-0.25, -0.2) is 4.39 Å². The molecule has 24 heavy (non-hydrogen) atoms. The molecule has 2 aromatic rings. The first-order chi connectivity index (χ1) is 11.5. The number of carbonyl (C=O) groups excluding carboxylic acids is 1. The minimum Gasteiger partial charge on any atom is -0.385 e. The number of aromatic nitrogens is 1. The van der Waals surface area contributed by atoms with Crippen molar-refractivity contribution in [1.29, 1.82) is 0 Å². The molecule has 0 aliphatic carbocycles. The van der Waals surface area contributed by atoms with Crippen LogP contribution in [0.3, 0.4) is 0 Å². The van der Waals surface area contributed by atoms with Crippen molar-refractivity contribution in [3.63, 3.8) is 0 Å². The van der Waals surface area contributed by atoms with Crippen molar-refractivity contribution in [3.05, 3.63) is 64.7 Å². The van der Waals surface area contributed by atoms with Crippen LogP contribution < -0.4 is 0 Å². The summed E-state index contributed by atoms with van der Waals surface area (Å²) in [5, 5.41) is 0. The first-order valence-electron chi connectivity index (χ1n) is 7.97. The van der Waals surface area contributed by atoms with Crippen LogP contribution in [0.4, 0.5) is 4.39 Å². The second-order valence-corrected chi connectivity index (χ2v) is 5.83. The third-order valence-electron chi connectivity index (χ3n) is 3.94. The predicted octanol–water partition coefficient (Wildman–Crippen LogP) is 3.52. The normalized spacial score (nSPS) is 10.7. The monoisotopic (exact) mass is 330 g/mol. The van der Waals surface area contributed by atoms with Crippen LogP contribution >= 0.6 is 0 Å². The number of nitrogens with zero attached hydrogens (tertiary/aromatic N) is 2. The van der Waals surface area contributed by atoms with Crippen molar-refractivity contribution in [2.45, 2.75) is 26.8 Å². The highest BCUT2D eigenvalue weighted by molar-refractivity contribution is 5.94. The van der Waals surface area contributed by atoms with Gasteiger partial charge in [-0.2, -0.15) is 0 Å². The number of hydrogen-bond donors (Lipinski definition) is 0. The quantitative estimate of drug-likeness (QED) is 0.730. The molecule has 0 fully saturated rings. The van der Waals surface area contributed by atoms with Gasteiger partial charge in [-0.1, -0.05) is 12.1 Å². The second-order valence-electron chi connectivity index (χ2n) is 5.83. The maximum atomic E-state index is 13.1. The van der Waals surface area contributed by atoms with E-state index < -0.39 is 0 Å². The molecular formula is C19H23FN2O2. The molecular weight excluding hydrogens is 307 g/mol. The van der Waals surface area contributed by atoms with Crippen LogP contribution in [0, 0.1) is 19.7 Å². The Balaban J connectivity index is 2.18. The Bertz CT molecular complexity index is 686. The lowest BCUT2D eigenvalue weighted by Crippen LogP contribution is -2.32. The molecule has 0 unspecified atom stereocenters. The van der Waals surface area contributed by atoms with Crippen LogP contribution in [0.5, 0.6) is 0 Å². The molecule has 0 atom stereocenters. The van der Waals surface area contributed by atoms with Gasteiger partial charge < -0.3 is 9.64 Å². The minimum absolute atomic E-state index is 0.0778. The van der Waals surface area contributed by atoms with Gasteiger partial charge in [-0.05, 0) is 49.6 Å². The third kappa shape index (κ3) is 4.86. The Hall–Kier alpha value is -2.27. The van der Waals surface area contributed by atoms with Crippen molar-refractivity contribution in [3.8, 4) is 0 Å². The van der Waals surface area contributed by atoms with Gasteiger partial charge in [-0.3, -0.25) is 9.78 Å². The number of hydrogen-bond acceptors (Lipinski definition) is 3. The third-order valence-corrected chi connectivity index (χ3v) is 3.94. The van der Waals surface area contributed by atoms with E-state index in [-0.39, 0.29) is 11.7 Å². The van der Waals surface area contributed by atoms with Crippen LogP contribution in [0.1, 0.15) is 33.6 Å². The van der Waals surface area contributed by atoms with E-state index in [1.165, 1.54) is 12.1 Å². The van der Waals surface area contributed by atoms with Crippen molar-refractivity contribution < 1.29 is 13.9 Å². The molecule has 0 radical (unpaired) electrons. The van der Waals surface area contributed by atoms with E-state index in [2.05, 4.69) is 4.98 Å². The minimum atomic E-state index is -0.283. The van der Waals surface area contributed by atoms with Gasteiger partial charge in [0.1, 0.15) is 5.82 Å². The lowest BCUT2D eigenvalue weighted by Gasteiger charge is -2.23. The maximum absolute atomic E-state index is 13.1. The molecule has 5 heteroatoms. The molecule has 1 amide bonds. The molecule has 0 saturated carbocycles. The van der Waals surface area contributed by atoms with Crippen LogP contribution in [0.15, 0.2) is 36.5 Å². The summed E-state index contributed by atoms with van der Waals surface area (Å²) in [5.74, 6) is -0.361. The van der Waals surface area contributed by atoms with Gasteiger partial charge in [0.2, 0.25) is 0 Å². The first-order valence-corrected chi connectivity index (χ1v) is 7.97. The molecule has 0 aliphatic heterocycles. The Morgan fingerprint density at radius 3 is 2.58 bits per heavy atom. The van der Waals surface area contributed by atoms with Crippen molar-refractivity contribution in [2.24, 2.45) is 0 Å². The Morgan fingerprint density at radius 2 is 1.96 bits per heavy atom. The number of halogens is 1. The van der Waals surface area contributed by atoms with Crippen LogP contribution in [0.2, 0.25) is 0 Å². The molecule has 2 rings (SSSR count). The van der Waals surface area contributed by atoms with Gasteiger partial charge in [0.15, 0.2) is 0 Å². The number of ether oxygens (including phenoxy) is 1. The fourth-order valence-electron chi connectivity index (χ4n) is 2.41. The molecule has 0 aliphatic rings. The summed E-state index contributed by atoms with van der Waals surface area (Å²) in [6.07, 6.45) is 2.35. The lowest BCUT2D eigenvalue weighted by atomic mass is 10.1. The number of methoxy groups -OCH3 is 1. The molecule has 0 bridgehead atoms. The number of pyridine rings is 1. The molecule has 0 saturated heterocycles. The summed E-state index contributed by atoms with van der Waals surface area (Å²) in [4.78, 5) is 18.9. The van der Waals surface area contributed by atoms with Crippen molar-refractivity contribution in [2.75, 3.05) is 20.3 Å². The Labute approximate surface area is 142 Å². The average molecular weight is 330 g/mol. The Morgan fingerprint density at radius 1 is 1.25 bits per heavy atom. The summed E-state index contributed by atoms with van der Waals surface area (Å²) in [6, 6.07) is 8.07. The van der Waals surface area contributed by atoms with Crippen molar-refractivity contribution in [1.82, 2.24) is 9.88 Å². The van der Waals surface area contributed by atoms with E-state index in [9.17, 15) is 9.18 Å². The van der Waals surface area contributed by atoms with E-state index in [4.69, 9.17) is 4.74 Å². The van der Waals surface area contributed by atoms with E-state index in [1.807, 2.05) is 19.9 Å². The first kappa shape index (κ1) is 18.1. The topological polar surface area (TPSA) is 42.4 Å². The zero-order valence-corrected chi connectivity index (χ0v) is 14.4. The van der Waals surface area contributed by atoms with Crippen LogP contribution in [-0.2, 0) is 11.3 Å². The Kier molecular flexibility index (Phi) is 6.44. The molecule has 1 heterocycles. The summed E-state index contributed by atoms with van der Waals surface area (Å²) >= 11 is 0. The number of amides is 1. The average Bonchev–Trinajstić information content (AvgIpc) is 2.58. The second kappa shape index (κ2) is 8.55. The van der Waals surface area contributed by atoms with Gasteiger partial charge >= 0.3 is 0 Å². The van der Waals surface area contributed by atoms with Crippen LogP contribution in [-0.4, -0.2) is 36.1 Å². The predicted molar refractivity (Wildman–Crippen MR) is 91.3 cm³/mol. The van der Waals surface area contributed by atoms with E-state index in [1.54, 1.807) is 30.3 Å². The summed E-state index contributed by atoms with van der Waals surface area (Å²) in [5.41, 5.74) is 3.35. The highest BCUT2D eigenvalue weighted by atomic mass is 19.1. The lowest BCUT2D eigenvalue weighted by molar-refractivity contribution is 0.0723. The SMILES string of the molecule is COCCCN(Cc1ccc(F)cc1)C(=O)c1cnc(C)c(C)c1. The maximum Gasteiger partial charge on any atom is 0.255 e. The smallest absolute Gasteiger partial charge is 0.255 e. The highest BCUT2D eigenvalue weighted by Crippen LogP contribution is 2.13. The van der Waals surface area contributed by atoms with Crippen LogP contribution in [0.25, 0.3) is 0 Å². The fourth-order valence-corrected chi connectivity index (χ4v) is 2.41. The molecule has 128 valence electrons. The number of benzene rings is 1. The van der Waals surface area contributed by atoms with E-state index in [0.29, 0.717) is 25.3 Å². The fraction of sp³-hybridized carbons (Fsp3) is 0.368. The standard InChI is InChI=1S/C19H23FN2O2/c1-14-11-17(12-21-15(14)2)19(23)22(9-4-10-24-3)13-16-5-7-18(20)8-6-16/h5-8,11-12H,4,9-10,13H2,1-3H3. The summed E-state index contributed by atoms with van der Waals surface area (Å²) in [6.45, 7) is 5.43. The summed E-state index contributed by atoms with van der Waals surface area (Å²) in [7, 11) is 1.64. The number of carbonyl (C=O) groups is 1. The largest absolute Gasteiger partial charge is 0.385 e. The molecule has 1 aromatic heterocycles. The van der Waals surface area contributed by atoms with Gasteiger partial charge in [0.25, 0.3) is 5.91 Å². The number of aryl methyl sites for hydroxylation is 2. The summed E-state index contributed by atoms with van der Waals surface area (Å²) < 4.78 is 18.2. The molecule has 1 aromatic carbocycles. The highest BCUT2D eigenvalue weighted by Gasteiger charge is 2.17. The number of rotatable bonds is 7. The zero-order chi connectivity index (χ0) is 17.5. The van der Waals surface area contributed by atoms with Gasteiger partial charge in [0, 0.05) is 38.7 Å². The molecule has 4 nitrogen and oxygen atoms in total. The van der Waals surface area contributed by atoms with E-state index in [0.717, 1.165) is 23.2 Å². The van der Waals surface area contributed by atoms with Crippen molar-refractivity contribution >= 4 is 5.91 Å². The zero-order valence-electron chi connectivity index (χ0n) is 14.4. The molecule has 0 spiro atoms. The molecule has 0 N–H and O–H groups in total. The van der Waals surface area contributed by atoms with E-state index >= 15 is 0 Å². The van der Waals surface area contributed by atoms with Gasteiger partial charge in [0.05, 0.1) is 5.56 Å².